The van der Waals surface area contributed by atoms with Gasteiger partial charge in [-0.25, -0.2) is 0 Å². The first-order valence-electron chi connectivity index (χ1n) is 7.39. The molecule has 0 heterocycles. The van der Waals surface area contributed by atoms with Crippen LogP contribution in [-0.4, -0.2) is 25.9 Å². The number of benzene rings is 2. The maximum Gasteiger partial charge on any atom is 0.295 e. The number of hydrogen-bond acceptors (Lipinski definition) is 4. The summed E-state index contributed by atoms with van der Waals surface area (Å²) in [5.41, 5.74) is 1.08. The summed E-state index contributed by atoms with van der Waals surface area (Å²) in [7, 11) is -9.13. The van der Waals surface area contributed by atoms with Crippen LogP contribution in [0.1, 0.15) is 50.7 Å². The van der Waals surface area contributed by atoms with E-state index in [0.29, 0.717) is 11.1 Å². The van der Waals surface area contributed by atoms with Crippen LogP contribution in [0.3, 0.4) is 0 Å². The molecule has 0 saturated heterocycles. The minimum absolute atomic E-state index is 0.0701. The van der Waals surface area contributed by atoms with E-state index in [1.165, 1.54) is 24.3 Å². The molecular weight excluding hydrogens is 352 g/mol. The molecule has 0 aromatic heterocycles. The van der Waals surface area contributed by atoms with E-state index in [1.54, 1.807) is 0 Å². The van der Waals surface area contributed by atoms with Gasteiger partial charge in [0, 0.05) is 10.8 Å². The molecule has 6 nitrogen and oxygen atoms in total. The van der Waals surface area contributed by atoms with Crippen molar-refractivity contribution in [3.05, 3.63) is 35.4 Å². The largest absolute Gasteiger partial charge is 0.295 e. The predicted octanol–water partition coefficient (Wildman–Crippen LogP) is 3.58. The third kappa shape index (κ3) is 3.61. The van der Waals surface area contributed by atoms with Crippen LogP contribution in [0.5, 0.6) is 0 Å². The summed E-state index contributed by atoms with van der Waals surface area (Å²) in [6.07, 6.45) is 0. The highest BCUT2D eigenvalue weighted by Crippen LogP contribution is 2.35. The lowest BCUT2D eigenvalue weighted by Crippen LogP contribution is -2.06. The zero-order valence-electron chi connectivity index (χ0n) is 13.8. The SMILES string of the molecule is CC(C)c1cc(S(=O)(=O)O)c2cc(C(C)C)cc(S(=O)(=O)O)c2c1. The van der Waals surface area contributed by atoms with Crippen LogP contribution in [0.2, 0.25) is 0 Å². The van der Waals surface area contributed by atoms with Crippen molar-refractivity contribution in [2.75, 3.05) is 0 Å². The third-order valence-electron chi connectivity index (χ3n) is 3.93. The van der Waals surface area contributed by atoms with Crippen LogP contribution in [0.25, 0.3) is 10.8 Å². The van der Waals surface area contributed by atoms with Crippen LogP contribution >= 0.6 is 0 Å². The zero-order chi connectivity index (χ0) is 18.4. The molecule has 0 bridgehead atoms. The van der Waals surface area contributed by atoms with Gasteiger partial charge in [0.2, 0.25) is 0 Å². The van der Waals surface area contributed by atoms with E-state index >= 15 is 0 Å². The van der Waals surface area contributed by atoms with E-state index in [2.05, 4.69) is 0 Å². The van der Waals surface area contributed by atoms with E-state index in [-0.39, 0.29) is 32.4 Å². The van der Waals surface area contributed by atoms with Crippen LogP contribution in [0.4, 0.5) is 0 Å². The Hall–Kier alpha value is -1.48. The Morgan fingerprint density at radius 2 is 0.958 bits per heavy atom. The predicted molar refractivity (Wildman–Crippen MR) is 91.8 cm³/mol. The van der Waals surface area contributed by atoms with E-state index in [4.69, 9.17) is 0 Å². The Balaban J connectivity index is 3.14. The van der Waals surface area contributed by atoms with Crippen molar-refractivity contribution in [1.82, 2.24) is 0 Å². The van der Waals surface area contributed by atoms with E-state index in [0.717, 1.165) is 0 Å². The molecular formula is C16H20O6S2. The third-order valence-corrected chi connectivity index (χ3v) is 5.71. The zero-order valence-corrected chi connectivity index (χ0v) is 15.4. The second kappa shape index (κ2) is 6.11. The minimum Gasteiger partial charge on any atom is -0.282 e. The molecule has 132 valence electrons. The summed E-state index contributed by atoms with van der Waals surface area (Å²) in [5.74, 6) is -0.206. The maximum absolute atomic E-state index is 11.8. The molecule has 2 rings (SSSR count). The van der Waals surface area contributed by atoms with Gasteiger partial charge in [-0.1, -0.05) is 27.7 Å². The van der Waals surface area contributed by atoms with Crippen LogP contribution in [0, 0.1) is 0 Å². The van der Waals surface area contributed by atoms with Gasteiger partial charge in [-0.05, 0) is 47.2 Å². The second-order valence-electron chi connectivity index (χ2n) is 6.39. The quantitative estimate of drug-likeness (QED) is 0.794. The molecule has 0 fully saturated rings. The molecule has 0 amide bonds. The van der Waals surface area contributed by atoms with E-state index in [9.17, 15) is 25.9 Å². The minimum atomic E-state index is -4.57. The van der Waals surface area contributed by atoms with Gasteiger partial charge in [0.1, 0.15) is 9.79 Å². The molecule has 0 atom stereocenters. The van der Waals surface area contributed by atoms with E-state index in [1.807, 2.05) is 27.7 Å². The number of rotatable bonds is 4. The lowest BCUT2D eigenvalue weighted by molar-refractivity contribution is 0.481. The average molecular weight is 372 g/mol. The number of hydrogen-bond donors (Lipinski definition) is 2. The highest BCUT2D eigenvalue weighted by Gasteiger charge is 2.23. The Kier molecular flexibility index (Phi) is 4.80. The van der Waals surface area contributed by atoms with Crippen molar-refractivity contribution in [2.24, 2.45) is 0 Å². The summed E-state index contributed by atoms with van der Waals surface area (Å²) in [6, 6.07) is 5.73. The normalized spacial score (nSPS) is 13.2. The van der Waals surface area contributed by atoms with Crippen LogP contribution < -0.4 is 0 Å². The molecule has 0 unspecified atom stereocenters. The molecule has 24 heavy (non-hydrogen) atoms. The van der Waals surface area contributed by atoms with Gasteiger partial charge in [0.05, 0.1) is 0 Å². The average Bonchev–Trinajstić information content (AvgIpc) is 2.42. The fourth-order valence-electron chi connectivity index (χ4n) is 2.53. The van der Waals surface area contributed by atoms with Crippen molar-refractivity contribution in [3.8, 4) is 0 Å². The fraction of sp³-hybridized carbons (Fsp3) is 0.375. The Morgan fingerprint density at radius 1 is 0.667 bits per heavy atom. The number of fused-ring (bicyclic) bond motifs is 1. The Bertz CT molecular complexity index is 919. The van der Waals surface area contributed by atoms with Crippen LogP contribution in [0.15, 0.2) is 34.1 Å². The molecule has 2 aromatic carbocycles. The lowest BCUT2D eigenvalue weighted by Gasteiger charge is -2.16. The Labute approximate surface area is 142 Å². The van der Waals surface area contributed by atoms with Gasteiger partial charge < -0.3 is 0 Å². The summed E-state index contributed by atoms with van der Waals surface area (Å²) >= 11 is 0. The second-order valence-corrected chi connectivity index (χ2v) is 9.17. The standard InChI is InChI=1S/C16H20O6S2/c1-9(2)11-5-13-14(15(7-11)23(17,18)19)6-12(10(3)4)8-16(13)24(20,21)22/h5-10H,1-4H3,(H,17,18,19)(H,20,21,22). The molecule has 0 spiro atoms. The molecule has 0 aliphatic carbocycles. The van der Waals surface area contributed by atoms with Gasteiger partial charge in [0.15, 0.2) is 0 Å². The lowest BCUT2D eigenvalue weighted by atomic mass is 9.95. The van der Waals surface area contributed by atoms with Crippen molar-refractivity contribution < 1.29 is 25.9 Å². The smallest absolute Gasteiger partial charge is 0.282 e. The Morgan fingerprint density at radius 3 is 1.17 bits per heavy atom. The van der Waals surface area contributed by atoms with Gasteiger partial charge in [0.25, 0.3) is 20.2 Å². The van der Waals surface area contributed by atoms with Gasteiger partial charge in [-0.3, -0.25) is 9.11 Å². The van der Waals surface area contributed by atoms with Gasteiger partial charge >= 0.3 is 0 Å². The monoisotopic (exact) mass is 372 g/mol. The van der Waals surface area contributed by atoms with Crippen molar-refractivity contribution >= 4 is 31.0 Å². The molecule has 0 aliphatic heterocycles. The topological polar surface area (TPSA) is 109 Å². The molecule has 2 N–H and O–H groups in total. The van der Waals surface area contributed by atoms with E-state index < -0.39 is 20.2 Å². The maximum atomic E-state index is 11.8. The summed E-state index contributed by atoms with van der Waals surface area (Å²) < 4.78 is 66.4. The van der Waals surface area contributed by atoms with Crippen molar-refractivity contribution in [3.63, 3.8) is 0 Å². The molecule has 0 aliphatic rings. The van der Waals surface area contributed by atoms with Crippen molar-refractivity contribution in [1.29, 1.82) is 0 Å². The molecule has 0 saturated carbocycles. The highest BCUT2D eigenvalue weighted by atomic mass is 32.2. The first-order valence-corrected chi connectivity index (χ1v) is 10.3. The van der Waals surface area contributed by atoms with Gasteiger partial charge in [-0.2, -0.15) is 16.8 Å². The summed E-state index contributed by atoms with van der Waals surface area (Å²) in [5, 5.41) is 0.140. The fourth-order valence-corrected chi connectivity index (χ4v) is 4.00. The van der Waals surface area contributed by atoms with Crippen LogP contribution in [-0.2, 0) is 20.2 Å². The first-order chi connectivity index (χ1) is 10.8. The molecule has 2 aromatic rings. The molecule has 8 heteroatoms. The summed E-state index contributed by atoms with van der Waals surface area (Å²) in [6.45, 7) is 7.24. The van der Waals surface area contributed by atoms with Crippen molar-refractivity contribution in [2.45, 2.75) is 49.3 Å². The summed E-state index contributed by atoms with van der Waals surface area (Å²) in [4.78, 5) is -0.729. The highest BCUT2D eigenvalue weighted by molar-refractivity contribution is 7.86. The van der Waals surface area contributed by atoms with Gasteiger partial charge in [-0.15, -0.1) is 0 Å². The first kappa shape index (κ1) is 18.9. The molecule has 0 radical (unpaired) electrons.